The van der Waals surface area contributed by atoms with Gasteiger partial charge in [-0.05, 0) is 12.1 Å². The van der Waals surface area contributed by atoms with Crippen LogP contribution in [-0.4, -0.2) is 58.9 Å². The molecule has 1 N–H and O–H groups in total. The number of amides is 1. The molecule has 128 valence electrons. The van der Waals surface area contributed by atoms with Gasteiger partial charge in [-0.1, -0.05) is 12.1 Å². The molecule has 0 aliphatic carbocycles. The number of ether oxygens (including phenoxy) is 1. The molecule has 8 nitrogen and oxygen atoms in total. The topological polar surface area (TPSA) is 96.0 Å². The summed E-state index contributed by atoms with van der Waals surface area (Å²) in [5.41, 5.74) is 0.608. The Kier molecular flexibility index (Phi) is 6.67. The van der Waals surface area contributed by atoms with E-state index < -0.39 is 16.2 Å². The molecule has 1 aromatic rings. The van der Waals surface area contributed by atoms with Crippen molar-refractivity contribution in [3.8, 4) is 0 Å². The Bertz CT molecular complexity index is 673. The number of esters is 1. The minimum absolute atomic E-state index is 0.00952. The van der Waals surface area contributed by atoms with Crippen molar-refractivity contribution in [3.63, 3.8) is 0 Å². The third-order valence-corrected chi connectivity index (χ3v) is 4.61. The van der Waals surface area contributed by atoms with E-state index in [1.165, 1.54) is 33.0 Å². The van der Waals surface area contributed by atoms with Gasteiger partial charge >= 0.3 is 5.97 Å². The van der Waals surface area contributed by atoms with Gasteiger partial charge in [0.2, 0.25) is 5.91 Å². The molecule has 0 aliphatic heterocycles. The number of nitrogens with zero attached hydrogens (tertiary/aromatic N) is 2. The summed E-state index contributed by atoms with van der Waals surface area (Å²) >= 11 is 0. The molecule has 1 rings (SSSR count). The van der Waals surface area contributed by atoms with E-state index in [0.29, 0.717) is 5.69 Å². The fraction of sp³-hybridized carbons (Fsp3) is 0.429. The molecule has 0 atom stereocenters. The largest absolute Gasteiger partial charge is 0.465 e. The van der Waals surface area contributed by atoms with Crippen LogP contribution in [0.25, 0.3) is 0 Å². The summed E-state index contributed by atoms with van der Waals surface area (Å²) in [6, 6.07) is 6.49. The molecular formula is C14H21N3O5S. The summed E-state index contributed by atoms with van der Waals surface area (Å²) in [5, 5.41) is 0. The SMILES string of the molecule is COC(=O)c1ccccc1N(CCNS(=O)(=O)N(C)C)C(C)=O. The number of methoxy groups -OCH3 is 1. The van der Waals surface area contributed by atoms with Gasteiger partial charge in [0.1, 0.15) is 0 Å². The lowest BCUT2D eigenvalue weighted by atomic mass is 10.1. The van der Waals surface area contributed by atoms with Crippen molar-refractivity contribution in [2.45, 2.75) is 6.92 Å². The Morgan fingerprint density at radius 3 is 2.35 bits per heavy atom. The van der Waals surface area contributed by atoms with Gasteiger partial charge in [0.05, 0.1) is 18.4 Å². The molecule has 0 unspecified atom stereocenters. The average Bonchev–Trinajstić information content (AvgIpc) is 2.50. The summed E-state index contributed by atoms with van der Waals surface area (Å²) in [5.74, 6) is -0.883. The number of benzene rings is 1. The van der Waals surface area contributed by atoms with Crippen molar-refractivity contribution in [1.82, 2.24) is 9.03 Å². The fourth-order valence-electron chi connectivity index (χ4n) is 1.85. The summed E-state index contributed by atoms with van der Waals surface area (Å²) in [7, 11) is 0.474. The van der Waals surface area contributed by atoms with E-state index in [0.717, 1.165) is 4.31 Å². The maximum Gasteiger partial charge on any atom is 0.339 e. The lowest BCUT2D eigenvalue weighted by Gasteiger charge is -2.23. The van der Waals surface area contributed by atoms with E-state index in [4.69, 9.17) is 4.74 Å². The Labute approximate surface area is 136 Å². The summed E-state index contributed by atoms with van der Waals surface area (Å²) in [4.78, 5) is 25.0. The quantitative estimate of drug-likeness (QED) is 0.715. The third kappa shape index (κ3) is 5.02. The van der Waals surface area contributed by atoms with Crippen LogP contribution in [0.15, 0.2) is 24.3 Å². The zero-order valence-corrected chi connectivity index (χ0v) is 14.4. The highest BCUT2D eigenvalue weighted by Gasteiger charge is 2.20. The van der Waals surface area contributed by atoms with E-state index in [1.807, 2.05) is 0 Å². The Balaban J connectivity index is 2.97. The molecule has 0 bridgehead atoms. The number of rotatable bonds is 7. The first-order valence-corrected chi connectivity index (χ1v) is 8.27. The minimum atomic E-state index is -3.58. The predicted molar refractivity (Wildman–Crippen MR) is 86.4 cm³/mol. The molecule has 0 saturated carbocycles. The third-order valence-electron chi connectivity index (χ3n) is 3.08. The Morgan fingerprint density at radius 2 is 1.83 bits per heavy atom. The van der Waals surface area contributed by atoms with Crippen LogP contribution < -0.4 is 9.62 Å². The number of para-hydroxylation sites is 1. The Morgan fingerprint density at radius 1 is 1.22 bits per heavy atom. The molecule has 1 aromatic carbocycles. The van der Waals surface area contributed by atoms with Gasteiger partial charge in [0, 0.05) is 34.1 Å². The summed E-state index contributed by atoms with van der Waals surface area (Å²) in [6.07, 6.45) is 0. The van der Waals surface area contributed by atoms with Gasteiger partial charge in [0.25, 0.3) is 10.2 Å². The number of hydrogen-bond donors (Lipinski definition) is 1. The zero-order chi connectivity index (χ0) is 17.6. The molecule has 0 saturated heterocycles. The molecule has 1 amide bonds. The molecule has 0 heterocycles. The van der Waals surface area contributed by atoms with Crippen molar-refractivity contribution in [3.05, 3.63) is 29.8 Å². The summed E-state index contributed by atoms with van der Waals surface area (Å²) in [6.45, 7) is 1.43. The van der Waals surface area contributed by atoms with Crippen LogP contribution in [0.3, 0.4) is 0 Å². The molecule has 0 radical (unpaired) electrons. The molecule has 0 fully saturated rings. The number of anilines is 1. The van der Waals surface area contributed by atoms with Gasteiger partial charge < -0.3 is 9.64 Å². The van der Waals surface area contributed by atoms with Gasteiger partial charge in [0.15, 0.2) is 0 Å². The van der Waals surface area contributed by atoms with E-state index in [1.54, 1.807) is 24.3 Å². The monoisotopic (exact) mass is 343 g/mol. The highest BCUT2D eigenvalue weighted by Crippen LogP contribution is 2.21. The molecule has 0 aliphatic rings. The summed E-state index contributed by atoms with van der Waals surface area (Å²) < 4.78 is 31.5. The highest BCUT2D eigenvalue weighted by molar-refractivity contribution is 7.87. The second-order valence-corrected chi connectivity index (χ2v) is 6.83. The van der Waals surface area contributed by atoms with Crippen LogP contribution in [0, 0.1) is 0 Å². The van der Waals surface area contributed by atoms with Crippen LogP contribution in [0.1, 0.15) is 17.3 Å². The standard InChI is InChI=1S/C14H21N3O5S/c1-11(18)17(10-9-15-23(20,21)16(2)3)13-8-6-5-7-12(13)14(19)22-4/h5-8,15H,9-10H2,1-4H3. The first-order chi connectivity index (χ1) is 10.7. The molecule has 0 aromatic heterocycles. The highest BCUT2D eigenvalue weighted by atomic mass is 32.2. The number of carbonyl (C=O) groups excluding carboxylic acids is 2. The van der Waals surface area contributed by atoms with E-state index in [2.05, 4.69) is 4.72 Å². The average molecular weight is 343 g/mol. The van der Waals surface area contributed by atoms with Gasteiger partial charge in [-0.3, -0.25) is 4.79 Å². The van der Waals surface area contributed by atoms with Crippen LogP contribution in [0.2, 0.25) is 0 Å². The first kappa shape index (κ1) is 19.1. The molecule has 0 spiro atoms. The number of carbonyl (C=O) groups is 2. The van der Waals surface area contributed by atoms with Crippen molar-refractivity contribution >= 4 is 27.8 Å². The smallest absolute Gasteiger partial charge is 0.339 e. The normalized spacial score (nSPS) is 11.3. The fourth-order valence-corrected chi connectivity index (χ4v) is 2.46. The van der Waals surface area contributed by atoms with Crippen LogP contribution in [0.4, 0.5) is 5.69 Å². The number of hydrogen-bond acceptors (Lipinski definition) is 5. The molecule has 9 heteroatoms. The van der Waals surface area contributed by atoms with E-state index >= 15 is 0 Å². The van der Waals surface area contributed by atoms with Gasteiger partial charge in [-0.25, -0.2) is 9.52 Å². The maximum atomic E-state index is 11.9. The molecule has 23 heavy (non-hydrogen) atoms. The Hall–Kier alpha value is -1.97. The van der Waals surface area contributed by atoms with Crippen LogP contribution in [-0.2, 0) is 19.7 Å². The zero-order valence-electron chi connectivity index (χ0n) is 13.6. The molecular weight excluding hydrogens is 322 g/mol. The van der Waals surface area contributed by atoms with E-state index in [-0.39, 0.29) is 24.6 Å². The predicted octanol–water partition coefficient (Wildman–Crippen LogP) is 0.222. The lowest BCUT2D eigenvalue weighted by Crippen LogP contribution is -2.42. The van der Waals surface area contributed by atoms with Crippen molar-refractivity contribution in [2.75, 3.05) is 39.2 Å². The number of nitrogens with one attached hydrogen (secondary N) is 1. The van der Waals surface area contributed by atoms with E-state index in [9.17, 15) is 18.0 Å². The second-order valence-electron chi connectivity index (χ2n) is 4.86. The van der Waals surface area contributed by atoms with Crippen LogP contribution >= 0.6 is 0 Å². The van der Waals surface area contributed by atoms with Crippen LogP contribution in [0.5, 0.6) is 0 Å². The lowest BCUT2D eigenvalue weighted by molar-refractivity contribution is -0.116. The minimum Gasteiger partial charge on any atom is -0.465 e. The van der Waals surface area contributed by atoms with Crippen molar-refractivity contribution in [2.24, 2.45) is 0 Å². The van der Waals surface area contributed by atoms with Gasteiger partial charge in [-0.15, -0.1) is 0 Å². The maximum absolute atomic E-state index is 11.9. The first-order valence-electron chi connectivity index (χ1n) is 6.83. The van der Waals surface area contributed by atoms with Gasteiger partial charge in [-0.2, -0.15) is 12.7 Å². The van der Waals surface area contributed by atoms with Crippen molar-refractivity contribution in [1.29, 1.82) is 0 Å². The second kappa shape index (κ2) is 8.04. The van der Waals surface area contributed by atoms with Crippen molar-refractivity contribution < 1.29 is 22.7 Å².